The van der Waals surface area contributed by atoms with Crippen molar-refractivity contribution < 1.29 is 4.79 Å². The molecule has 0 aliphatic carbocycles. The molecule has 2 rings (SSSR count). The summed E-state index contributed by atoms with van der Waals surface area (Å²) >= 11 is 0. The maximum absolute atomic E-state index is 12.3. The lowest BCUT2D eigenvalue weighted by molar-refractivity contribution is 0.0993. The SMILES string of the molecule is CN(C(=O)c1cccc(C#N)c1)c1cccc(C#N)c1. The predicted molar refractivity (Wildman–Crippen MR) is 75.0 cm³/mol. The molecule has 0 heterocycles. The maximum atomic E-state index is 12.3. The van der Waals surface area contributed by atoms with E-state index < -0.39 is 0 Å². The van der Waals surface area contributed by atoms with Crippen LogP contribution in [0, 0.1) is 22.7 Å². The van der Waals surface area contributed by atoms with Crippen molar-refractivity contribution in [2.24, 2.45) is 0 Å². The van der Waals surface area contributed by atoms with E-state index in [9.17, 15) is 4.79 Å². The fourth-order valence-electron chi connectivity index (χ4n) is 1.82. The number of hydrogen-bond acceptors (Lipinski definition) is 3. The van der Waals surface area contributed by atoms with Gasteiger partial charge in [0.05, 0.1) is 23.3 Å². The molecule has 0 saturated carbocycles. The molecule has 2 aromatic rings. The van der Waals surface area contributed by atoms with Crippen LogP contribution < -0.4 is 4.90 Å². The van der Waals surface area contributed by atoms with E-state index in [-0.39, 0.29) is 5.91 Å². The Morgan fingerprint density at radius 3 is 2.25 bits per heavy atom. The highest BCUT2D eigenvalue weighted by molar-refractivity contribution is 6.05. The second-order valence-corrected chi connectivity index (χ2v) is 4.22. The van der Waals surface area contributed by atoms with Crippen molar-refractivity contribution in [3.8, 4) is 12.1 Å². The van der Waals surface area contributed by atoms with Gasteiger partial charge in [-0.3, -0.25) is 4.79 Å². The molecule has 2 aromatic carbocycles. The monoisotopic (exact) mass is 261 g/mol. The van der Waals surface area contributed by atoms with E-state index in [1.807, 2.05) is 12.1 Å². The number of benzene rings is 2. The van der Waals surface area contributed by atoms with E-state index in [2.05, 4.69) is 0 Å². The first kappa shape index (κ1) is 13.3. The molecule has 0 spiro atoms. The fraction of sp³-hybridized carbons (Fsp3) is 0.0625. The van der Waals surface area contributed by atoms with Gasteiger partial charge < -0.3 is 4.90 Å². The van der Waals surface area contributed by atoms with E-state index in [1.54, 1.807) is 55.6 Å². The zero-order valence-corrected chi connectivity index (χ0v) is 10.9. The number of carbonyl (C=O) groups is 1. The summed E-state index contributed by atoms with van der Waals surface area (Å²) in [5.41, 5.74) is 2.01. The Morgan fingerprint density at radius 1 is 1.00 bits per heavy atom. The number of nitriles is 2. The zero-order valence-electron chi connectivity index (χ0n) is 10.9. The van der Waals surface area contributed by atoms with Gasteiger partial charge in [0.25, 0.3) is 5.91 Å². The van der Waals surface area contributed by atoms with Gasteiger partial charge in [-0.05, 0) is 36.4 Å². The molecule has 0 aliphatic heterocycles. The van der Waals surface area contributed by atoms with Crippen LogP contribution in [0.3, 0.4) is 0 Å². The topological polar surface area (TPSA) is 67.9 Å². The van der Waals surface area contributed by atoms with Gasteiger partial charge in [0.2, 0.25) is 0 Å². The van der Waals surface area contributed by atoms with Crippen molar-refractivity contribution in [3.63, 3.8) is 0 Å². The Balaban J connectivity index is 2.33. The largest absolute Gasteiger partial charge is 0.311 e. The summed E-state index contributed by atoms with van der Waals surface area (Å²) in [6.07, 6.45) is 0. The summed E-state index contributed by atoms with van der Waals surface area (Å²) in [4.78, 5) is 13.8. The molecule has 0 fully saturated rings. The minimum atomic E-state index is -0.225. The highest BCUT2D eigenvalue weighted by Crippen LogP contribution is 2.17. The third-order valence-electron chi connectivity index (χ3n) is 2.91. The van der Waals surface area contributed by atoms with Crippen molar-refractivity contribution in [2.75, 3.05) is 11.9 Å². The average Bonchev–Trinajstić information content (AvgIpc) is 2.53. The van der Waals surface area contributed by atoms with Crippen LogP contribution >= 0.6 is 0 Å². The van der Waals surface area contributed by atoms with Gasteiger partial charge in [0.15, 0.2) is 0 Å². The third-order valence-corrected chi connectivity index (χ3v) is 2.91. The Bertz CT molecular complexity index is 738. The summed E-state index contributed by atoms with van der Waals surface area (Å²) < 4.78 is 0. The molecule has 20 heavy (non-hydrogen) atoms. The Hall–Kier alpha value is -3.11. The second-order valence-electron chi connectivity index (χ2n) is 4.22. The van der Waals surface area contributed by atoms with E-state index in [4.69, 9.17) is 10.5 Å². The Labute approximate surface area is 117 Å². The minimum absolute atomic E-state index is 0.225. The van der Waals surface area contributed by atoms with Crippen molar-refractivity contribution >= 4 is 11.6 Å². The molecular formula is C16H11N3O. The molecule has 96 valence electrons. The second kappa shape index (κ2) is 5.69. The first-order valence-corrected chi connectivity index (χ1v) is 5.94. The van der Waals surface area contributed by atoms with E-state index >= 15 is 0 Å². The van der Waals surface area contributed by atoms with Gasteiger partial charge >= 0.3 is 0 Å². The van der Waals surface area contributed by atoms with Crippen LogP contribution in [0.2, 0.25) is 0 Å². The molecule has 0 N–H and O–H groups in total. The number of amides is 1. The van der Waals surface area contributed by atoms with Gasteiger partial charge in [-0.25, -0.2) is 0 Å². The third kappa shape index (κ3) is 2.66. The lowest BCUT2D eigenvalue weighted by Gasteiger charge is -2.17. The summed E-state index contributed by atoms with van der Waals surface area (Å²) in [6, 6.07) is 17.4. The van der Waals surface area contributed by atoms with Gasteiger partial charge in [-0.2, -0.15) is 10.5 Å². The molecule has 0 radical (unpaired) electrons. The lowest BCUT2D eigenvalue weighted by Crippen LogP contribution is -2.26. The first-order valence-electron chi connectivity index (χ1n) is 5.94. The van der Waals surface area contributed by atoms with Crippen molar-refractivity contribution in [1.29, 1.82) is 10.5 Å². The first-order chi connectivity index (χ1) is 9.65. The molecule has 4 heteroatoms. The Kier molecular flexibility index (Phi) is 3.79. The van der Waals surface area contributed by atoms with Gasteiger partial charge in [0.1, 0.15) is 0 Å². The van der Waals surface area contributed by atoms with Crippen molar-refractivity contribution in [3.05, 3.63) is 65.2 Å². The molecule has 0 saturated heterocycles. The highest BCUT2D eigenvalue weighted by atomic mass is 16.2. The van der Waals surface area contributed by atoms with Crippen LogP contribution in [-0.4, -0.2) is 13.0 Å². The summed E-state index contributed by atoms with van der Waals surface area (Å²) in [5.74, 6) is -0.225. The number of nitrogens with zero attached hydrogens (tertiary/aromatic N) is 3. The molecule has 0 unspecified atom stereocenters. The highest BCUT2D eigenvalue weighted by Gasteiger charge is 2.14. The standard InChI is InChI=1S/C16H11N3O/c1-19(15-7-3-5-13(9-15)11-18)16(20)14-6-2-4-12(8-14)10-17/h2-9H,1H3. The molecule has 0 aliphatic rings. The zero-order chi connectivity index (χ0) is 14.5. The fourth-order valence-corrected chi connectivity index (χ4v) is 1.82. The van der Waals surface area contributed by atoms with Crippen LogP contribution in [0.25, 0.3) is 0 Å². The van der Waals surface area contributed by atoms with Crippen LogP contribution in [0.5, 0.6) is 0 Å². The molecule has 0 aromatic heterocycles. The van der Waals surface area contributed by atoms with E-state index in [0.29, 0.717) is 22.4 Å². The minimum Gasteiger partial charge on any atom is -0.311 e. The number of hydrogen-bond donors (Lipinski definition) is 0. The number of anilines is 1. The number of rotatable bonds is 2. The smallest absolute Gasteiger partial charge is 0.258 e. The average molecular weight is 261 g/mol. The molecule has 0 bridgehead atoms. The van der Waals surface area contributed by atoms with Crippen LogP contribution in [0.4, 0.5) is 5.69 Å². The van der Waals surface area contributed by atoms with Crippen molar-refractivity contribution in [2.45, 2.75) is 0 Å². The molecular weight excluding hydrogens is 250 g/mol. The van der Waals surface area contributed by atoms with E-state index in [0.717, 1.165) is 0 Å². The summed E-state index contributed by atoms with van der Waals surface area (Å²) in [5, 5.41) is 17.7. The quantitative estimate of drug-likeness (QED) is 0.834. The summed E-state index contributed by atoms with van der Waals surface area (Å²) in [6.45, 7) is 0. The van der Waals surface area contributed by atoms with Gasteiger partial charge in [0, 0.05) is 18.3 Å². The molecule has 1 amide bonds. The van der Waals surface area contributed by atoms with Crippen LogP contribution in [0.15, 0.2) is 48.5 Å². The summed E-state index contributed by atoms with van der Waals surface area (Å²) in [7, 11) is 1.64. The predicted octanol–water partition coefficient (Wildman–Crippen LogP) is 2.71. The van der Waals surface area contributed by atoms with Crippen LogP contribution in [0.1, 0.15) is 21.5 Å². The van der Waals surface area contributed by atoms with Gasteiger partial charge in [-0.15, -0.1) is 0 Å². The Morgan fingerprint density at radius 2 is 1.60 bits per heavy atom. The number of carbonyl (C=O) groups excluding carboxylic acids is 1. The lowest BCUT2D eigenvalue weighted by atomic mass is 10.1. The van der Waals surface area contributed by atoms with Crippen LogP contribution in [-0.2, 0) is 0 Å². The molecule has 4 nitrogen and oxygen atoms in total. The maximum Gasteiger partial charge on any atom is 0.258 e. The normalized spacial score (nSPS) is 9.35. The van der Waals surface area contributed by atoms with E-state index in [1.165, 1.54) is 4.90 Å². The van der Waals surface area contributed by atoms with Crippen molar-refractivity contribution in [1.82, 2.24) is 0 Å². The van der Waals surface area contributed by atoms with Gasteiger partial charge in [-0.1, -0.05) is 12.1 Å². The molecule has 0 atom stereocenters.